The average molecular weight is 284 g/mol. The van der Waals surface area contributed by atoms with Gasteiger partial charge in [0.2, 0.25) is 0 Å². The number of carbonyl (C=O) groups is 2. The first-order chi connectivity index (χ1) is 9.52. The predicted molar refractivity (Wildman–Crippen MR) is 64.6 cm³/mol. The molecule has 1 aliphatic rings. The Hall–Kier alpha value is -2.23. The van der Waals surface area contributed by atoms with Gasteiger partial charge in [-0.2, -0.15) is 4.80 Å². The second-order valence-corrected chi connectivity index (χ2v) is 4.50. The molecule has 2 rings (SSSR count). The Kier molecular flexibility index (Phi) is 4.13. The third-order valence-corrected chi connectivity index (χ3v) is 3.07. The van der Waals surface area contributed by atoms with Gasteiger partial charge in [-0.25, -0.2) is 9.59 Å². The number of hydrogen-bond acceptors (Lipinski definition) is 6. The quantitative estimate of drug-likeness (QED) is 0.622. The summed E-state index contributed by atoms with van der Waals surface area (Å²) in [5, 5.41) is 25.5. The molecule has 3 N–H and O–H groups in total. The van der Waals surface area contributed by atoms with E-state index in [1.54, 1.807) is 7.05 Å². The molecule has 1 aromatic heterocycles. The summed E-state index contributed by atoms with van der Waals surface area (Å²) in [6.45, 7) is 0.683. The topological polar surface area (TPSA) is 131 Å². The molecule has 0 radical (unpaired) electrons. The second kappa shape index (κ2) is 5.82. The molecular weight excluding hydrogens is 268 g/mol. The summed E-state index contributed by atoms with van der Waals surface area (Å²) in [7, 11) is 1.61. The Morgan fingerprint density at radius 2 is 2.15 bits per heavy atom. The summed E-state index contributed by atoms with van der Waals surface area (Å²) >= 11 is 0. The first kappa shape index (κ1) is 14.2. The zero-order valence-corrected chi connectivity index (χ0v) is 11.0. The lowest BCUT2D eigenvalue weighted by molar-refractivity contribution is -0.148. The minimum absolute atomic E-state index is 0.0753. The van der Waals surface area contributed by atoms with Crippen molar-refractivity contribution in [2.24, 2.45) is 7.05 Å². The summed E-state index contributed by atoms with van der Waals surface area (Å²) in [6.07, 6.45) is 0.471. The van der Waals surface area contributed by atoms with E-state index in [9.17, 15) is 14.7 Å². The average Bonchev–Trinajstić information content (AvgIpc) is 2.83. The monoisotopic (exact) mass is 284 g/mol. The Balaban J connectivity index is 1.90. The Morgan fingerprint density at radius 3 is 2.70 bits per heavy atom. The first-order valence-electron chi connectivity index (χ1n) is 6.12. The van der Waals surface area contributed by atoms with Crippen molar-refractivity contribution in [3.8, 4) is 0 Å². The fourth-order valence-corrected chi connectivity index (χ4v) is 1.93. The van der Waals surface area contributed by atoms with Gasteiger partial charge in [-0.3, -0.25) is 0 Å². The zero-order valence-electron chi connectivity index (χ0n) is 11.0. The number of ether oxygens (including phenoxy) is 1. The van der Waals surface area contributed by atoms with Crippen LogP contribution in [0.3, 0.4) is 0 Å². The summed E-state index contributed by atoms with van der Waals surface area (Å²) in [5.41, 5.74) is -1.28. The van der Waals surface area contributed by atoms with Crippen LogP contribution in [0.1, 0.15) is 18.7 Å². The highest BCUT2D eigenvalue weighted by molar-refractivity contribution is 5.86. The van der Waals surface area contributed by atoms with Gasteiger partial charge < -0.3 is 20.5 Å². The lowest BCUT2D eigenvalue weighted by Crippen LogP contribution is -2.59. The van der Waals surface area contributed by atoms with Crippen molar-refractivity contribution in [2.75, 3.05) is 13.2 Å². The van der Waals surface area contributed by atoms with Crippen molar-refractivity contribution in [1.82, 2.24) is 30.8 Å². The molecule has 0 saturated carbocycles. The van der Waals surface area contributed by atoms with E-state index in [-0.39, 0.29) is 19.4 Å². The number of aromatic nitrogens is 4. The van der Waals surface area contributed by atoms with Crippen LogP contribution >= 0.6 is 0 Å². The number of carboxylic acid groups (broad SMARTS) is 1. The number of nitrogens with one attached hydrogen (secondary N) is 2. The molecule has 1 saturated heterocycles. The largest absolute Gasteiger partial charge is 0.480 e. The van der Waals surface area contributed by atoms with E-state index in [2.05, 4.69) is 26.0 Å². The Labute approximate surface area is 114 Å². The number of carbonyl (C=O) groups excluding carboxylic acids is 1. The van der Waals surface area contributed by atoms with E-state index in [1.807, 2.05) is 0 Å². The molecule has 2 amide bonds. The van der Waals surface area contributed by atoms with E-state index < -0.39 is 17.5 Å². The maximum absolute atomic E-state index is 11.8. The van der Waals surface area contributed by atoms with Crippen molar-refractivity contribution < 1.29 is 19.4 Å². The van der Waals surface area contributed by atoms with Crippen molar-refractivity contribution in [3.05, 3.63) is 5.82 Å². The number of rotatable bonds is 4. The van der Waals surface area contributed by atoms with E-state index in [4.69, 9.17) is 4.74 Å². The van der Waals surface area contributed by atoms with Crippen LogP contribution in [0.15, 0.2) is 0 Å². The van der Waals surface area contributed by atoms with E-state index >= 15 is 0 Å². The maximum atomic E-state index is 11.8. The molecule has 0 spiro atoms. The van der Waals surface area contributed by atoms with Gasteiger partial charge in [0, 0.05) is 26.1 Å². The zero-order chi connectivity index (χ0) is 14.6. The lowest BCUT2D eigenvalue weighted by atomic mass is 9.90. The Morgan fingerprint density at radius 1 is 1.45 bits per heavy atom. The predicted octanol–water partition coefficient (Wildman–Crippen LogP) is -1.36. The minimum Gasteiger partial charge on any atom is -0.480 e. The smallest absolute Gasteiger partial charge is 0.329 e. The van der Waals surface area contributed by atoms with E-state index in [0.717, 1.165) is 0 Å². The molecule has 2 heterocycles. The fourth-order valence-electron chi connectivity index (χ4n) is 1.93. The summed E-state index contributed by atoms with van der Waals surface area (Å²) < 4.78 is 5.12. The number of carboxylic acids is 1. The van der Waals surface area contributed by atoms with Gasteiger partial charge in [0.25, 0.3) is 0 Å². The van der Waals surface area contributed by atoms with Crippen LogP contribution in [-0.2, 0) is 23.1 Å². The summed E-state index contributed by atoms with van der Waals surface area (Å²) in [4.78, 5) is 24.4. The van der Waals surface area contributed by atoms with Crippen LogP contribution < -0.4 is 10.6 Å². The van der Waals surface area contributed by atoms with Crippen LogP contribution in [0.4, 0.5) is 4.79 Å². The molecular formula is C10H16N6O4. The molecule has 10 heteroatoms. The third kappa shape index (κ3) is 3.20. The van der Waals surface area contributed by atoms with Crippen LogP contribution in [-0.4, -0.2) is 56.1 Å². The highest BCUT2D eigenvalue weighted by Crippen LogP contribution is 2.20. The number of nitrogens with zero attached hydrogens (tertiary/aromatic N) is 4. The van der Waals surface area contributed by atoms with Gasteiger partial charge in [0.05, 0.1) is 13.6 Å². The number of hydrogen-bond donors (Lipinski definition) is 3. The minimum atomic E-state index is -1.28. The first-order valence-corrected chi connectivity index (χ1v) is 6.12. The Bertz CT molecular complexity index is 496. The SMILES string of the molecule is Cn1nnc(CNC(=O)NC2(C(=O)O)CCOCC2)n1. The normalized spacial score (nSPS) is 17.4. The molecule has 1 aliphatic heterocycles. The number of tetrazole rings is 1. The molecule has 0 aliphatic carbocycles. The van der Waals surface area contributed by atoms with Gasteiger partial charge >= 0.3 is 12.0 Å². The molecule has 0 bridgehead atoms. The van der Waals surface area contributed by atoms with Crippen molar-refractivity contribution in [2.45, 2.75) is 24.9 Å². The fraction of sp³-hybridized carbons (Fsp3) is 0.700. The van der Waals surface area contributed by atoms with E-state index in [0.29, 0.717) is 19.0 Å². The summed E-state index contributed by atoms with van der Waals surface area (Å²) in [6, 6.07) is -0.582. The second-order valence-electron chi connectivity index (χ2n) is 4.50. The molecule has 0 aromatic carbocycles. The summed E-state index contributed by atoms with van der Waals surface area (Å²) in [5.74, 6) is -0.715. The standard InChI is InChI=1S/C10H16N6O4/c1-16-14-7(13-15-16)6-11-9(19)12-10(8(17)18)2-4-20-5-3-10/h2-6H2,1H3,(H,17,18)(H2,11,12,19). The van der Waals surface area contributed by atoms with E-state index in [1.165, 1.54) is 4.80 Å². The van der Waals surface area contributed by atoms with Gasteiger partial charge in [-0.1, -0.05) is 0 Å². The molecule has 0 atom stereocenters. The number of amides is 2. The van der Waals surface area contributed by atoms with Gasteiger partial charge in [0.1, 0.15) is 5.54 Å². The molecule has 10 nitrogen and oxygen atoms in total. The molecule has 1 fully saturated rings. The molecule has 20 heavy (non-hydrogen) atoms. The molecule has 0 unspecified atom stereocenters. The maximum Gasteiger partial charge on any atom is 0.329 e. The highest BCUT2D eigenvalue weighted by atomic mass is 16.5. The molecule has 1 aromatic rings. The van der Waals surface area contributed by atoms with Crippen molar-refractivity contribution >= 4 is 12.0 Å². The highest BCUT2D eigenvalue weighted by Gasteiger charge is 2.41. The number of urea groups is 1. The number of aryl methyl sites for hydroxylation is 1. The van der Waals surface area contributed by atoms with Crippen LogP contribution in [0.2, 0.25) is 0 Å². The van der Waals surface area contributed by atoms with Crippen molar-refractivity contribution in [1.29, 1.82) is 0 Å². The third-order valence-electron chi connectivity index (χ3n) is 3.07. The number of aliphatic carboxylic acids is 1. The van der Waals surface area contributed by atoms with Crippen LogP contribution in [0.5, 0.6) is 0 Å². The van der Waals surface area contributed by atoms with Crippen LogP contribution in [0, 0.1) is 0 Å². The van der Waals surface area contributed by atoms with Crippen molar-refractivity contribution in [3.63, 3.8) is 0 Å². The van der Waals surface area contributed by atoms with Gasteiger partial charge in [-0.15, -0.1) is 10.2 Å². The van der Waals surface area contributed by atoms with Gasteiger partial charge in [0.15, 0.2) is 5.82 Å². The lowest BCUT2D eigenvalue weighted by Gasteiger charge is -2.33. The molecule has 110 valence electrons. The van der Waals surface area contributed by atoms with Crippen LogP contribution in [0.25, 0.3) is 0 Å². The van der Waals surface area contributed by atoms with Gasteiger partial charge in [-0.05, 0) is 5.21 Å².